The van der Waals surface area contributed by atoms with Crippen molar-refractivity contribution >= 4 is 32.1 Å². The maximum atomic E-state index is 12.5. The summed E-state index contributed by atoms with van der Waals surface area (Å²) in [7, 11) is -9.67. The molecule has 0 aliphatic heterocycles. The number of carbonyl (C=O) groups excluding carboxylic acids is 1. The lowest BCUT2D eigenvalue weighted by atomic mass is 10.2. The highest BCUT2D eigenvalue weighted by atomic mass is 79.9. The first-order valence-corrected chi connectivity index (χ1v) is 7.25. The summed E-state index contributed by atoms with van der Waals surface area (Å²) in [4.78, 5) is 10.4. The van der Waals surface area contributed by atoms with Crippen molar-refractivity contribution in [2.75, 3.05) is 0 Å². The Morgan fingerprint density at radius 1 is 1.31 bits per heavy atom. The molecule has 0 bridgehead atoms. The zero-order valence-electron chi connectivity index (χ0n) is 8.56. The lowest BCUT2D eigenvalue weighted by Crippen LogP contribution is -2.35. The van der Waals surface area contributed by atoms with Crippen LogP contribution in [0, 0.1) is 0 Å². The largest absolute Gasteiger partial charge is 0.449 e. The van der Waals surface area contributed by atoms with Gasteiger partial charge in [0, 0.05) is 6.92 Å². The van der Waals surface area contributed by atoms with Gasteiger partial charge < -0.3 is 4.74 Å². The summed E-state index contributed by atoms with van der Waals surface area (Å²) in [5.41, 5.74) is 0. The molecule has 100 valence electrons. The van der Waals surface area contributed by atoms with Gasteiger partial charge in [-0.25, -0.2) is 0 Å². The highest BCUT2D eigenvalue weighted by Crippen LogP contribution is 3.01. The van der Waals surface area contributed by atoms with Gasteiger partial charge in [-0.15, -0.1) is 0 Å². The summed E-state index contributed by atoms with van der Waals surface area (Å²) >= 11 is 2.34. The molecule has 0 fully saturated rings. The lowest BCUT2D eigenvalue weighted by Gasteiger charge is -2.48. The minimum absolute atomic E-state index is 0.0976. The standard InChI is InChI=1S/C7H12BrF5O2S/c1-3-4-6(7(8)15-5(2)14)16(9,10,11,12)13/h6-7H,3-4H2,1-2H3. The first kappa shape index (κ1) is 16.0. The quantitative estimate of drug-likeness (QED) is 0.412. The summed E-state index contributed by atoms with van der Waals surface area (Å²) in [6, 6.07) is 0. The molecule has 0 aromatic rings. The SMILES string of the molecule is CCCC(C(Br)OC(C)=O)S(F)(F)(F)(F)F. The Bertz CT molecular complexity index is 276. The molecule has 2 nitrogen and oxygen atoms in total. The second-order valence-electron chi connectivity index (χ2n) is 3.32. The first-order chi connectivity index (χ1) is 6.77. The third-order valence-corrected chi connectivity index (χ3v) is 4.52. The molecule has 2 atom stereocenters. The zero-order chi connectivity index (χ0) is 13.3. The third kappa shape index (κ3) is 5.33. The van der Waals surface area contributed by atoms with Gasteiger partial charge in [-0.05, 0) is 22.4 Å². The van der Waals surface area contributed by atoms with Crippen molar-refractivity contribution < 1.29 is 29.0 Å². The fraction of sp³-hybridized carbons (Fsp3) is 0.857. The average Bonchev–Trinajstić information content (AvgIpc) is 1.93. The van der Waals surface area contributed by atoms with E-state index in [1.807, 2.05) is 0 Å². The Morgan fingerprint density at radius 3 is 2.00 bits per heavy atom. The van der Waals surface area contributed by atoms with E-state index in [4.69, 9.17) is 0 Å². The van der Waals surface area contributed by atoms with E-state index in [-0.39, 0.29) is 6.42 Å². The van der Waals surface area contributed by atoms with Crippen LogP contribution in [-0.2, 0) is 9.53 Å². The van der Waals surface area contributed by atoms with E-state index in [0.29, 0.717) is 0 Å². The molecule has 0 saturated carbocycles. The Kier molecular flexibility index (Phi) is 3.99. The van der Waals surface area contributed by atoms with Gasteiger partial charge in [0.05, 0.1) is 0 Å². The van der Waals surface area contributed by atoms with E-state index in [1.54, 1.807) is 0 Å². The summed E-state index contributed by atoms with van der Waals surface area (Å²) in [5, 5.41) is -5.02. The molecule has 0 saturated heterocycles. The van der Waals surface area contributed by atoms with Gasteiger partial charge in [-0.3, -0.25) is 4.79 Å². The summed E-state index contributed by atoms with van der Waals surface area (Å²) in [6.07, 6.45) is -0.902. The van der Waals surface area contributed by atoms with Crippen molar-refractivity contribution in [1.29, 1.82) is 0 Å². The van der Waals surface area contributed by atoms with Crippen LogP contribution in [0.3, 0.4) is 0 Å². The topological polar surface area (TPSA) is 26.3 Å². The van der Waals surface area contributed by atoms with Crippen LogP contribution in [0.15, 0.2) is 0 Å². The second-order valence-corrected chi connectivity index (χ2v) is 6.88. The van der Waals surface area contributed by atoms with Gasteiger partial charge in [0.15, 0.2) is 5.01 Å². The molecule has 0 N–H and O–H groups in total. The fourth-order valence-electron chi connectivity index (χ4n) is 1.07. The number of alkyl halides is 1. The van der Waals surface area contributed by atoms with Crippen LogP contribution >= 0.6 is 26.2 Å². The number of rotatable bonds is 5. The van der Waals surface area contributed by atoms with Crippen LogP contribution in [0.2, 0.25) is 0 Å². The maximum absolute atomic E-state index is 12.5. The van der Waals surface area contributed by atoms with E-state index >= 15 is 0 Å². The average molecular weight is 335 g/mol. The predicted octanol–water partition coefficient (Wildman–Crippen LogP) is 4.74. The molecule has 0 rings (SSSR count). The number of ether oxygens (including phenoxy) is 1. The Hall–Kier alpha value is -0.0500. The zero-order valence-corrected chi connectivity index (χ0v) is 11.0. The van der Waals surface area contributed by atoms with Gasteiger partial charge in [0.2, 0.25) is 0 Å². The molecular formula is C7H12BrF5O2S. The van der Waals surface area contributed by atoms with Crippen molar-refractivity contribution in [3.8, 4) is 0 Å². The van der Waals surface area contributed by atoms with E-state index in [2.05, 4.69) is 20.7 Å². The van der Waals surface area contributed by atoms with Gasteiger partial charge in [0.25, 0.3) is 10.2 Å². The Balaban J connectivity index is 5.11. The van der Waals surface area contributed by atoms with Crippen LogP contribution in [0.25, 0.3) is 0 Å². The number of esters is 1. The highest BCUT2D eigenvalue weighted by Gasteiger charge is 2.71. The van der Waals surface area contributed by atoms with Crippen LogP contribution < -0.4 is 0 Å². The van der Waals surface area contributed by atoms with Crippen molar-refractivity contribution in [2.24, 2.45) is 0 Å². The summed E-state index contributed by atoms with van der Waals surface area (Å²) in [6.45, 7) is 2.19. The number of hydrogen-bond donors (Lipinski definition) is 0. The number of halogens is 6. The fourth-order valence-corrected chi connectivity index (χ4v) is 3.97. The van der Waals surface area contributed by atoms with Crippen molar-refractivity contribution in [3.63, 3.8) is 0 Å². The number of hydrogen-bond acceptors (Lipinski definition) is 2. The molecule has 0 aromatic carbocycles. The molecule has 0 amide bonds. The minimum Gasteiger partial charge on any atom is -0.449 e. The normalized spacial score (nSPS) is 20.5. The molecule has 0 heterocycles. The maximum Gasteiger partial charge on any atom is 0.303 e. The summed E-state index contributed by atoms with van der Waals surface area (Å²) < 4.78 is 66.9. The molecule has 16 heavy (non-hydrogen) atoms. The Labute approximate surface area is 98.4 Å². The van der Waals surface area contributed by atoms with Gasteiger partial charge >= 0.3 is 5.97 Å². The smallest absolute Gasteiger partial charge is 0.303 e. The molecule has 0 aliphatic rings. The highest BCUT2D eigenvalue weighted by molar-refractivity contribution is 9.09. The molecule has 0 aliphatic carbocycles. The predicted molar refractivity (Wildman–Crippen MR) is 56.3 cm³/mol. The monoisotopic (exact) mass is 334 g/mol. The molecule has 0 aromatic heterocycles. The van der Waals surface area contributed by atoms with E-state index in [1.165, 1.54) is 6.92 Å². The van der Waals surface area contributed by atoms with Crippen molar-refractivity contribution in [1.82, 2.24) is 0 Å². The molecule has 2 unspecified atom stereocenters. The molecule has 9 heteroatoms. The van der Waals surface area contributed by atoms with Crippen molar-refractivity contribution in [2.45, 2.75) is 37.0 Å². The lowest BCUT2D eigenvalue weighted by molar-refractivity contribution is -0.142. The number of carbonyl (C=O) groups is 1. The first-order valence-electron chi connectivity index (χ1n) is 4.32. The van der Waals surface area contributed by atoms with Gasteiger partial charge in [-0.2, -0.15) is 0 Å². The minimum atomic E-state index is -9.67. The third-order valence-electron chi connectivity index (χ3n) is 1.72. The van der Waals surface area contributed by atoms with Crippen LogP contribution in [0.5, 0.6) is 0 Å². The van der Waals surface area contributed by atoms with Crippen LogP contribution in [-0.4, -0.2) is 16.2 Å². The van der Waals surface area contributed by atoms with E-state index in [9.17, 15) is 24.2 Å². The van der Waals surface area contributed by atoms with Gasteiger partial charge in [0.1, 0.15) is 5.25 Å². The summed E-state index contributed by atoms with van der Waals surface area (Å²) in [5.74, 6) is -1.05. The second kappa shape index (κ2) is 4.01. The van der Waals surface area contributed by atoms with E-state index < -0.39 is 32.9 Å². The van der Waals surface area contributed by atoms with Crippen molar-refractivity contribution in [3.05, 3.63) is 0 Å². The van der Waals surface area contributed by atoms with E-state index in [0.717, 1.165) is 6.92 Å². The molecule has 0 radical (unpaired) electrons. The molecule has 0 spiro atoms. The molecular weight excluding hydrogens is 323 g/mol. The Morgan fingerprint density at radius 2 is 1.75 bits per heavy atom. The van der Waals surface area contributed by atoms with Gasteiger partial charge in [-0.1, -0.05) is 32.8 Å². The van der Waals surface area contributed by atoms with Crippen LogP contribution in [0.4, 0.5) is 19.4 Å². The van der Waals surface area contributed by atoms with Crippen LogP contribution in [0.1, 0.15) is 26.7 Å².